The highest BCUT2D eigenvalue weighted by molar-refractivity contribution is 5.93. The standard InChI is InChI=1S/C24H30N6O/c1-3-4-6-19-8-10-21(11-9-19)26-24(31)20-7-5-15-29(17-20)22-12-13-23(28-27-22)30-16-14-25-18(30)2/h8-14,16,20H,3-7,15,17H2,1-2H3,(H,26,31). The quantitative estimate of drug-likeness (QED) is 0.623. The molecule has 31 heavy (non-hydrogen) atoms. The van der Waals surface area contributed by atoms with E-state index in [4.69, 9.17) is 0 Å². The number of imidazole rings is 1. The van der Waals surface area contributed by atoms with E-state index in [1.807, 2.05) is 42.0 Å². The Morgan fingerprint density at radius 2 is 1.90 bits per heavy atom. The molecular weight excluding hydrogens is 388 g/mol. The number of nitrogens with zero attached hydrogens (tertiary/aromatic N) is 5. The molecular formula is C24H30N6O. The summed E-state index contributed by atoms with van der Waals surface area (Å²) in [6.07, 6.45) is 8.92. The summed E-state index contributed by atoms with van der Waals surface area (Å²) in [5.41, 5.74) is 2.18. The lowest BCUT2D eigenvalue weighted by Crippen LogP contribution is -2.41. The van der Waals surface area contributed by atoms with Crippen LogP contribution in [0.25, 0.3) is 5.82 Å². The molecule has 1 aromatic carbocycles. The minimum atomic E-state index is -0.0640. The Kier molecular flexibility index (Phi) is 6.60. The molecule has 1 atom stereocenters. The lowest BCUT2D eigenvalue weighted by Gasteiger charge is -2.32. The minimum absolute atomic E-state index is 0.0640. The highest BCUT2D eigenvalue weighted by atomic mass is 16.1. The van der Waals surface area contributed by atoms with Gasteiger partial charge < -0.3 is 10.2 Å². The van der Waals surface area contributed by atoms with Crippen LogP contribution in [0.4, 0.5) is 11.5 Å². The first-order chi connectivity index (χ1) is 15.1. The molecule has 1 aliphatic rings. The third kappa shape index (κ3) is 5.10. The van der Waals surface area contributed by atoms with E-state index in [1.54, 1.807) is 6.20 Å². The molecule has 4 rings (SSSR count). The van der Waals surface area contributed by atoms with Gasteiger partial charge in [-0.1, -0.05) is 25.5 Å². The lowest BCUT2D eigenvalue weighted by molar-refractivity contribution is -0.120. The van der Waals surface area contributed by atoms with Crippen molar-refractivity contribution in [3.63, 3.8) is 0 Å². The number of unbranched alkanes of at least 4 members (excludes halogenated alkanes) is 1. The van der Waals surface area contributed by atoms with Gasteiger partial charge in [0.05, 0.1) is 5.92 Å². The molecule has 3 heterocycles. The number of piperidine rings is 1. The van der Waals surface area contributed by atoms with E-state index in [9.17, 15) is 4.79 Å². The van der Waals surface area contributed by atoms with Crippen molar-refractivity contribution in [3.05, 3.63) is 60.2 Å². The molecule has 0 saturated carbocycles. The zero-order chi connectivity index (χ0) is 21.6. The van der Waals surface area contributed by atoms with Crippen molar-refractivity contribution < 1.29 is 4.79 Å². The third-order valence-corrected chi connectivity index (χ3v) is 5.87. The zero-order valence-electron chi connectivity index (χ0n) is 18.3. The summed E-state index contributed by atoms with van der Waals surface area (Å²) >= 11 is 0. The number of aromatic nitrogens is 4. The van der Waals surface area contributed by atoms with E-state index in [1.165, 1.54) is 18.4 Å². The van der Waals surface area contributed by atoms with Crippen LogP contribution in [0.3, 0.4) is 0 Å². The van der Waals surface area contributed by atoms with Crippen molar-refractivity contribution in [3.8, 4) is 5.82 Å². The fourth-order valence-electron chi connectivity index (χ4n) is 4.01. The molecule has 0 bridgehead atoms. The maximum atomic E-state index is 12.9. The Morgan fingerprint density at radius 1 is 1.13 bits per heavy atom. The predicted octanol–water partition coefficient (Wildman–Crippen LogP) is 4.17. The van der Waals surface area contributed by atoms with Gasteiger partial charge in [-0.05, 0) is 62.4 Å². The summed E-state index contributed by atoms with van der Waals surface area (Å²) in [7, 11) is 0. The average molecular weight is 419 g/mol. The van der Waals surface area contributed by atoms with Crippen LogP contribution in [0.15, 0.2) is 48.8 Å². The molecule has 1 unspecified atom stereocenters. The second-order valence-corrected chi connectivity index (χ2v) is 8.17. The van der Waals surface area contributed by atoms with Crippen LogP contribution < -0.4 is 10.2 Å². The van der Waals surface area contributed by atoms with E-state index in [0.29, 0.717) is 6.54 Å². The van der Waals surface area contributed by atoms with Crippen molar-refractivity contribution >= 4 is 17.4 Å². The molecule has 3 aromatic rings. The van der Waals surface area contributed by atoms with Crippen LogP contribution in [0.5, 0.6) is 0 Å². The number of carbonyl (C=O) groups excluding carboxylic acids is 1. The Hall–Kier alpha value is -3.22. The van der Waals surface area contributed by atoms with Gasteiger partial charge in [-0.25, -0.2) is 4.98 Å². The highest BCUT2D eigenvalue weighted by Crippen LogP contribution is 2.23. The van der Waals surface area contributed by atoms with E-state index < -0.39 is 0 Å². The highest BCUT2D eigenvalue weighted by Gasteiger charge is 2.27. The van der Waals surface area contributed by atoms with E-state index in [2.05, 4.69) is 44.5 Å². The number of carbonyl (C=O) groups is 1. The first kappa shape index (κ1) is 21.0. The van der Waals surface area contributed by atoms with Crippen molar-refractivity contribution in [1.82, 2.24) is 19.7 Å². The van der Waals surface area contributed by atoms with Gasteiger partial charge >= 0.3 is 0 Å². The van der Waals surface area contributed by atoms with Gasteiger partial charge in [-0.15, -0.1) is 10.2 Å². The lowest BCUT2D eigenvalue weighted by atomic mass is 9.97. The molecule has 0 radical (unpaired) electrons. The van der Waals surface area contributed by atoms with E-state index >= 15 is 0 Å². The fourth-order valence-corrected chi connectivity index (χ4v) is 4.01. The first-order valence-electron chi connectivity index (χ1n) is 11.1. The van der Waals surface area contributed by atoms with Gasteiger partial charge in [0.15, 0.2) is 11.6 Å². The summed E-state index contributed by atoms with van der Waals surface area (Å²) in [5, 5.41) is 11.9. The van der Waals surface area contributed by atoms with E-state index in [0.717, 1.165) is 49.0 Å². The Labute approximate surface area is 183 Å². The summed E-state index contributed by atoms with van der Waals surface area (Å²) in [6.45, 7) is 5.66. The molecule has 1 saturated heterocycles. The molecule has 7 heteroatoms. The molecule has 0 aliphatic carbocycles. The van der Waals surface area contributed by atoms with Gasteiger partial charge in [0.2, 0.25) is 5.91 Å². The molecule has 1 N–H and O–H groups in total. The van der Waals surface area contributed by atoms with Gasteiger partial charge in [0, 0.05) is 31.2 Å². The van der Waals surface area contributed by atoms with Crippen LogP contribution in [-0.4, -0.2) is 38.7 Å². The Bertz CT molecular complexity index is 996. The van der Waals surface area contributed by atoms with Crippen LogP contribution in [-0.2, 0) is 11.2 Å². The summed E-state index contributed by atoms with van der Waals surface area (Å²) in [6, 6.07) is 12.1. The van der Waals surface area contributed by atoms with Crippen LogP contribution >= 0.6 is 0 Å². The van der Waals surface area contributed by atoms with Gasteiger partial charge in [-0.2, -0.15) is 0 Å². The number of hydrogen-bond acceptors (Lipinski definition) is 5. The van der Waals surface area contributed by atoms with Gasteiger partial charge in [-0.3, -0.25) is 9.36 Å². The maximum absolute atomic E-state index is 12.9. The van der Waals surface area contributed by atoms with Crippen molar-refractivity contribution in [2.75, 3.05) is 23.3 Å². The number of nitrogens with one attached hydrogen (secondary N) is 1. The molecule has 1 fully saturated rings. The molecule has 162 valence electrons. The van der Waals surface area contributed by atoms with Crippen LogP contribution in [0.1, 0.15) is 44.0 Å². The van der Waals surface area contributed by atoms with Gasteiger partial charge in [0.25, 0.3) is 0 Å². The Morgan fingerprint density at radius 3 is 2.58 bits per heavy atom. The normalized spacial score (nSPS) is 16.3. The third-order valence-electron chi connectivity index (χ3n) is 5.87. The number of rotatable bonds is 7. The largest absolute Gasteiger partial charge is 0.354 e. The summed E-state index contributed by atoms with van der Waals surface area (Å²) < 4.78 is 1.90. The average Bonchev–Trinajstić information content (AvgIpc) is 3.24. The topological polar surface area (TPSA) is 75.9 Å². The first-order valence-corrected chi connectivity index (χ1v) is 11.1. The minimum Gasteiger partial charge on any atom is -0.354 e. The zero-order valence-corrected chi connectivity index (χ0v) is 18.3. The predicted molar refractivity (Wildman–Crippen MR) is 123 cm³/mol. The second kappa shape index (κ2) is 9.73. The molecule has 2 aromatic heterocycles. The van der Waals surface area contributed by atoms with Crippen LogP contribution in [0.2, 0.25) is 0 Å². The van der Waals surface area contributed by atoms with Crippen molar-refractivity contribution in [2.24, 2.45) is 5.92 Å². The smallest absolute Gasteiger partial charge is 0.229 e. The van der Waals surface area contributed by atoms with Crippen molar-refractivity contribution in [2.45, 2.75) is 46.0 Å². The maximum Gasteiger partial charge on any atom is 0.229 e. The molecule has 7 nitrogen and oxygen atoms in total. The van der Waals surface area contributed by atoms with Crippen molar-refractivity contribution in [1.29, 1.82) is 0 Å². The second-order valence-electron chi connectivity index (χ2n) is 8.17. The van der Waals surface area contributed by atoms with Crippen LogP contribution in [0, 0.1) is 12.8 Å². The number of aryl methyl sites for hydroxylation is 2. The summed E-state index contributed by atoms with van der Waals surface area (Å²) in [5.74, 6) is 2.43. The monoisotopic (exact) mass is 418 g/mol. The number of anilines is 2. The number of hydrogen-bond donors (Lipinski definition) is 1. The number of amides is 1. The molecule has 1 amide bonds. The SMILES string of the molecule is CCCCc1ccc(NC(=O)C2CCCN(c3ccc(-n4ccnc4C)nn3)C2)cc1. The Balaban J connectivity index is 1.36. The van der Waals surface area contributed by atoms with Gasteiger partial charge in [0.1, 0.15) is 5.82 Å². The fraction of sp³-hybridized carbons (Fsp3) is 0.417. The summed E-state index contributed by atoms with van der Waals surface area (Å²) in [4.78, 5) is 19.2. The molecule has 1 aliphatic heterocycles. The van der Waals surface area contributed by atoms with E-state index in [-0.39, 0.29) is 11.8 Å². The molecule has 0 spiro atoms. The number of benzene rings is 1.